The normalized spacial score (nSPS) is 9.88. The number of benzene rings is 3. The molecule has 34 heavy (non-hydrogen) atoms. The molecule has 0 aliphatic rings. The van der Waals surface area contributed by atoms with E-state index in [1.807, 2.05) is 18.2 Å². The number of fused-ring (bicyclic) bond motifs is 3. The van der Waals surface area contributed by atoms with Crippen LogP contribution in [0.25, 0.3) is 32.7 Å². The maximum atomic E-state index is 11.1. The molecule has 6 nitrogen and oxygen atoms in total. The molecule has 0 bridgehead atoms. The van der Waals surface area contributed by atoms with Crippen LogP contribution in [0.2, 0.25) is 0 Å². The molecule has 0 saturated carbocycles. The summed E-state index contributed by atoms with van der Waals surface area (Å²) in [5.41, 5.74) is 2.29. The largest absolute Gasteiger partial charge is 3.00 e. The molecule has 7 heteroatoms. The van der Waals surface area contributed by atoms with E-state index in [1.165, 1.54) is 0 Å². The van der Waals surface area contributed by atoms with Crippen molar-refractivity contribution < 1.29 is 15.3 Å². The summed E-state index contributed by atoms with van der Waals surface area (Å²) < 4.78 is 0. The van der Waals surface area contributed by atoms with Gasteiger partial charge in [0.05, 0.1) is 16.6 Å². The van der Waals surface area contributed by atoms with E-state index in [9.17, 15) is 15.3 Å². The molecule has 0 atom stereocenters. The van der Waals surface area contributed by atoms with Gasteiger partial charge in [-0.05, 0) is 52.6 Å². The van der Waals surface area contributed by atoms with Crippen molar-refractivity contribution in [2.24, 2.45) is 0 Å². The average molecular weight is 502 g/mol. The van der Waals surface area contributed by atoms with E-state index in [-0.39, 0.29) is 37.0 Å². The van der Waals surface area contributed by atoms with Crippen molar-refractivity contribution >= 4 is 52.5 Å². The third-order valence-corrected chi connectivity index (χ3v) is 4.82. The number of nitrogens with zero attached hydrogens (tertiary/aromatic N) is 3. The second kappa shape index (κ2) is 11.7. The van der Waals surface area contributed by atoms with E-state index in [1.54, 1.807) is 91.4 Å². The second-order valence-corrected chi connectivity index (χ2v) is 6.98. The molecule has 0 unspecified atom stereocenters. The van der Waals surface area contributed by atoms with Crippen LogP contribution in [0.4, 0.5) is 0 Å². The Morgan fingerprint density at radius 2 is 0.676 bits per heavy atom. The van der Waals surface area contributed by atoms with Crippen LogP contribution in [0.3, 0.4) is 0 Å². The fourth-order valence-electron chi connectivity index (χ4n) is 3.23. The molecule has 6 rings (SSSR count). The van der Waals surface area contributed by atoms with Gasteiger partial charge < -0.3 is 15.3 Å². The summed E-state index contributed by atoms with van der Waals surface area (Å²) in [7, 11) is 0. The van der Waals surface area contributed by atoms with Crippen LogP contribution in [0.15, 0.2) is 110 Å². The number of pyridine rings is 3. The zero-order chi connectivity index (χ0) is 23.0. The minimum absolute atomic E-state index is 0. The first-order chi connectivity index (χ1) is 16.1. The number of hydrogen-bond acceptors (Lipinski definition) is 6. The molecule has 3 aromatic heterocycles. The van der Waals surface area contributed by atoms with E-state index < -0.39 is 0 Å². The van der Waals surface area contributed by atoms with Crippen molar-refractivity contribution in [3.63, 3.8) is 0 Å². The first-order valence-corrected chi connectivity index (χ1v) is 10.2. The predicted octanol–water partition coefficient (Wildman–Crippen LogP) is 3.54. The van der Waals surface area contributed by atoms with Gasteiger partial charge in [0.2, 0.25) is 0 Å². The van der Waals surface area contributed by atoms with Gasteiger partial charge in [-0.2, -0.15) is 0 Å². The van der Waals surface area contributed by atoms with E-state index in [2.05, 4.69) is 15.0 Å². The van der Waals surface area contributed by atoms with Crippen molar-refractivity contribution in [2.75, 3.05) is 0 Å². The van der Waals surface area contributed by atoms with Crippen LogP contribution < -0.4 is 15.3 Å². The SMILES string of the molecule is [Ga+3].[O-]c1cccc2ncccc12.[O-]c1cccc2ncccc12.[O-]c1cccc2ncccc12. The minimum Gasteiger partial charge on any atom is -0.872 e. The fourth-order valence-corrected chi connectivity index (χ4v) is 3.23. The maximum Gasteiger partial charge on any atom is 3.00 e. The van der Waals surface area contributed by atoms with Gasteiger partial charge in [0.15, 0.2) is 0 Å². The summed E-state index contributed by atoms with van der Waals surface area (Å²) in [4.78, 5) is 12.1. The van der Waals surface area contributed by atoms with Gasteiger partial charge in [-0.25, -0.2) is 0 Å². The molecule has 0 fully saturated rings. The molecule has 0 amide bonds. The average Bonchev–Trinajstić information content (AvgIpc) is 2.86. The zero-order valence-electron chi connectivity index (χ0n) is 18.0. The summed E-state index contributed by atoms with van der Waals surface area (Å²) in [6, 6.07) is 25.9. The topological polar surface area (TPSA) is 108 Å². The first kappa shape index (κ1) is 24.6. The number of hydrogen-bond donors (Lipinski definition) is 0. The van der Waals surface area contributed by atoms with E-state index >= 15 is 0 Å². The molecular weight excluding hydrogens is 484 g/mol. The van der Waals surface area contributed by atoms with E-state index in [4.69, 9.17) is 0 Å². The van der Waals surface area contributed by atoms with Crippen LogP contribution in [0, 0.1) is 0 Å². The Morgan fingerprint density at radius 3 is 0.941 bits per heavy atom. The maximum absolute atomic E-state index is 11.1. The van der Waals surface area contributed by atoms with Crippen molar-refractivity contribution in [3.8, 4) is 17.2 Å². The van der Waals surface area contributed by atoms with Crippen molar-refractivity contribution in [1.29, 1.82) is 0 Å². The molecule has 0 radical (unpaired) electrons. The van der Waals surface area contributed by atoms with Crippen LogP contribution >= 0.6 is 0 Å². The second-order valence-electron chi connectivity index (χ2n) is 6.98. The van der Waals surface area contributed by atoms with Gasteiger partial charge in [0.1, 0.15) is 0 Å². The molecule has 0 aliphatic carbocycles. The monoisotopic (exact) mass is 501 g/mol. The molecule has 162 valence electrons. The minimum atomic E-state index is 0. The molecule has 0 saturated heterocycles. The number of aromatic nitrogens is 3. The van der Waals surface area contributed by atoms with Gasteiger partial charge in [-0.15, -0.1) is 0 Å². The van der Waals surface area contributed by atoms with Gasteiger partial charge in [-0.1, -0.05) is 71.8 Å². The van der Waals surface area contributed by atoms with Crippen molar-refractivity contribution in [3.05, 3.63) is 110 Å². The molecule has 3 heterocycles. The van der Waals surface area contributed by atoms with Gasteiger partial charge in [0.25, 0.3) is 0 Å². The van der Waals surface area contributed by atoms with E-state index in [0.717, 1.165) is 16.6 Å². The molecule has 6 aromatic rings. The van der Waals surface area contributed by atoms with Crippen molar-refractivity contribution in [2.45, 2.75) is 0 Å². The molecule has 0 aliphatic heterocycles. The first-order valence-electron chi connectivity index (χ1n) is 10.2. The molecular formula is C27H18GaN3O3. The van der Waals surface area contributed by atoms with Crippen LogP contribution in [-0.4, -0.2) is 34.7 Å². The van der Waals surface area contributed by atoms with Crippen LogP contribution in [0.5, 0.6) is 17.2 Å². The Hall–Kier alpha value is -4.07. The van der Waals surface area contributed by atoms with Gasteiger partial charge in [0, 0.05) is 18.6 Å². The fraction of sp³-hybridized carbons (Fsp3) is 0. The van der Waals surface area contributed by atoms with Gasteiger partial charge in [-0.3, -0.25) is 15.0 Å². The van der Waals surface area contributed by atoms with Crippen LogP contribution in [0.1, 0.15) is 0 Å². The Kier molecular flexibility index (Phi) is 8.45. The third-order valence-electron chi connectivity index (χ3n) is 4.82. The quantitative estimate of drug-likeness (QED) is 0.294. The molecule has 0 spiro atoms. The van der Waals surface area contributed by atoms with Gasteiger partial charge >= 0.3 is 19.8 Å². The Balaban J connectivity index is 0.000000141. The summed E-state index contributed by atoms with van der Waals surface area (Å²) in [6.45, 7) is 0. The smallest absolute Gasteiger partial charge is 0.872 e. The Labute approximate surface area is 209 Å². The van der Waals surface area contributed by atoms with E-state index in [0.29, 0.717) is 16.2 Å². The summed E-state index contributed by atoms with van der Waals surface area (Å²) in [6.07, 6.45) is 5.05. The standard InChI is InChI=1S/3C9H7NO.Ga/c3*11-9-5-1-4-8-7(9)3-2-6-10-8;/h3*1-6,11H;/q;;;+3/p-3. The predicted molar refractivity (Wildman–Crippen MR) is 129 cm³/mol. The zero-order valence-corrected chi connectivity index (χ0v) is 20.5. The Morgan fingerprint density at radius 1 is 0.382 bits per heavy atom. The summed E-state index contributed by atoms with van der Waals surface area (Å²) >= 11 is 0. The third kappa shape index (κ3) is 5.83. The molecule has 0 N–H and O–H groups in total. The summed E-state index contributed by atoms with van der Waals surface area (Å²) in [5.74, 6) is 0.113. The van der Waals surface area contributed by atoms with Crippen molar-refractivity contribution in [1.82, 2.24) is 15.0 Å². The Bertz CT molecular complexity index is 1330. The molecule has 3 aromatic carbocycles. The summed E-state index contributed by atoms with van der Waals surface area (Å²) in [5, 5.41) is 35.5. The van der Waals surface area contributed by atoms with Crippen LogP contribution in [-0.2, 0) is 0 Å². The number of rotatable bonds is 0.